The highest BCUT2D eigenvalue weighted by molar-refractivity contribution is 7.92. The number of sulfonamides is 1. The van der Waals surface area contributed by atoms with E-state index >= 15 is 0 Å². The van der Waals surface area contributed by atoms with Gasteiger partial charge in [-0.3, -0.25) is 18.5 Å². The Kier molecular flexibility index (Phi) is 7.16. The fourth-order valence-corrected chi connectivity index (χ4v) is 5.91. The van der Waals surface area contributed by atoms with Crippen LogP contribution in [0.4, 0.5) is 11.4 Å². The number of carbonyl (C=O) groups excluding carboxylic acids is 1. The zero-order valence-electron chi connectivity index (χ0n) is 18.1. The molecule has 0 fully saturated rings. The Morgan fingerprint density at radius 1 is 1.25 bits per heavy atom. The molecule has 32 heavy (non-hydrogen) atoms. The van der Waals surface area contributed by atoms with Gasteiger partial charge in [0.15, 0.2) is 0 Å². The number of ether oxygens (including phenoxy) is 1. The molecule has 2 aromatic carbocycles. The second-order valence-corrected chi connectivity index (χ2v) is 10.4. The van der Waals surface area contributed by atoms with Gasteiger partial charge >= 0.3 is 4.87 Å². The van der Waals surface area contributed by atoms with Crippen molar-refractivity contribution in [3.63, 3.8) is 0 Å². The molecule has 3 rings (SSSR count). The first kappa shape index (κ1) is 24.1. The molecule has 0 saturated carbocycles. The second-order valence-electron chi connectivity index (χ2n) is 7.08. The minimum atomic E-state index is -3.87. The highest BCUT2D eigenvalue weighted by atomic mass is 35.5. The summed E-state index contributed by atoms with van der Waals surface area (Å²) in [5.74, 6) is -0.236. The van der Waals surface area contributed by atoms with Crippen molar-refractivity contribution in [3.05, 3.63) is 51.1 Å². The predicted molar refractivity (Wildman–Crippen MR) is 130 cm³/mol. The fourth-order valence-electron chi connectivity index (χ4n) is 3.54. The van der Waals surface area contributed by atoms with Gasteiger partial charge in [-0.2, -0.15) is 0 Å². The zero-order valence-corrected chi connectivity index (χ0v) is 20.5. The lowest BCUT2D eigenvalue weighted by molar-refractivity contribution is -0.117. The van der Waals surface area contributed by atoms with Crippen molar-refractivity contribution in [1.82, 2.24) is 4.57 Å². The average molecular weight is 498 g/mol. The van der Waals surface area contributed by atoms with Crippen LogP contribution in [0.25, 0.3) is 10.2 Å². The Morgan fingerprint density at radius 2 is 1.97 bits per heavy atom. The van der Waals surface area contributed by atoms with Gasteiger partial charge in [-0.15, -0.1) is 0 Å². The molecule has 1 heterocycles. The number of fused-ring (bicyclic) bond motifs is 1. The number of halogens is 1. The molecule has 11 heteroatoms. The van der Waals surface area contributed by atoms with E-state index in [0.29, 0.717) is 17.3 Å². The Balaban J connectivity index is 2.00. The number of benzene rings is 2. The molecular weight excluding hydrogens is 474 g/mol. The minimum absolute atomic E-state index is 0.0753. The molecule has 0 bridgehead atoms. The largest absolute Gasteiger partial charge is 0.495 e. The number of thiazole rings is 1. The monoisotopic (exact) mass is 497 g/mol. The molecule has 0 unspecified atom stereocenters. The Bertz CT molecular complexity index is 1320. The third-order valence-corrected chi connectivity index (χ3v) is 7.30. The van der Waals surface area contributed by atoms with E-state index in [9.17, 15) is 18.0 Å². The van der Waals surface area contributed by atoms with Crippen LogP contribution in [0.15, 0.2) is 41.2 Å². The van der Waals surface area contributed by atoms with Crippen LogP contribution in [-0.4, -0.2) is 38.3 Å². The topological polar surface area (TPSA) is 97.7 Å². The summed E-state index contributed by atoms with van der Waals surface area (Å²) in [7, 11) is -2.45. The summed E-state index contributed by atoms with van der Waals surface area (Å²) in [5.41, 5.74) is 1.43. The molecule has 3 aromatic rings. The van der Waals surface area contributed by atoms with Crippen molar-refractivity contribution in [2.75, 3.05) is 23.0 Å². The highest BCUT2D eigenvalue weighted by Gasteiger charge is 2.33. The van der Waals surface area contributed by atoms with Gasteiger partial charge in [-0.05, 0) is 49.7 Å². The number of methoxy groups -OCH3 is 1. The number of anilines is 2. The van der Waals surface area contributed by atoms with Gasteiger partial charge in [0, 0.05) is 17.3 Å². The molecule has 0 saturated heterocycles. The van der Waals surface area contributed by atoms with Crippen molar-refractivity contribution in [3.8, 4) is 5.75 Å². The van der Waals surface area contributed by atoms with E-state index in [1.807, 2.05) is 6.92 Å². The molecule has 0 radical (unpaired) electrons. The van der Waals surface area contributed by atoms with Crippen LogP contribution in [0, 0.1) is 0 Å². The first-order valence-corrected chi connectivity index (χ1v) is 12.9. The van der Waals surface area contributed by atoms with Crippen LogP contribution in [-0.2, 0) is 21.4 Å². The number of amides is 1. The second kappa shape index (κ2) is 9.51. The quantitative estimate of drug-likeness (QED) is 0.508. The molecule has 0 aliphatic heterocycles. The lowest BCUT2D eigenvalue weighted by atomic mass is 10.1. The average Bonchev–Trinajstić information content (AvgIpc) is 3.04. The van der Waals surface area contributed by atoms with E-state index in [0.717, 1.165) is 32.1 Å². The summed E-state index contributed by atoms with van der Waals surface area (Å²) in [6.45, 7) is 4.15. The maximum absolute atomic E-state index is 13.2. The van der Waals surface area contributed by atoms with E-state index in [1.54, 1.807) is 41.8 Å². The normalized spacial score (nSPS) is 12.5. The van der Waals surface area contributed by atoms with Crippen LogP contribution in [0.5, 0.6) is 5.75 Å². The van der Waals surface area contributed by atoms with Crippen molar-refractivity contribution in [2.45, 2.75) is 32.9 Å². The first-order chi connectivity index (χ1) is 15.1. The van der Waals surface area contributed by atoms with Gasteiger partial charge in [0.25, 0.3) is 0 Å². The summed E-state index contributed by atoms with van der Waals surface area (Å²) >= 11 is 7.19. The lowest BCUT2D eigenvalue weighted by Crippen LogP contribution is -2.47. The zero-order chi connectivity index (χ0) is 23.6. The van der Waals surface area contributed by atoms with E-state index in [2.05, 4.69) is 5.32 Å². The molecule has 172 valence electrons. The maximum Gasteiger partial charge on any atom is 0.308 e. The van der Waals surface area contributed by atoms with Gasteiger partial charge < -0.3 is 10.1 Å². The van der Waals surface area contributed by atoms with Crippen LogP contribution in [0.2, 0.25) is 5.02 Å². The fraction of sp³-hybridized carbons (Fsp3) is 0.333. The molecule has 1 aromatic heterocycles. The highest BCUT2D eigenvalue weighted by Crippen LogP contribution is 2.35. The number of hydrogen-bond acceptors (Lipinski definition) is 6. The number of carbonyl (C=O) groups is 1. The van der Waals surface area contributed by atoms with Crippen LogP contribution >= 0.6 is 22.9 Å². The van der Waals surface area contributed by atoms with Gasteiger partial charge in [0.2, 0.25) is 15.9 Å². The molecule has 0 aliphatic carbocycles. The van der Waals surface area contributed by atoms with Crippen molar-refractivity contribution >= 4 is 60.5 Å². The van der Waals surface area contributed by atoms with Crippen molar-refractivity contribution in [1.29, 1.82) is 0 Å². The number of nitrogens with one attached hydrogen (secondary N) is 1. The van der Waals surface area contributed by atoms with Crippen LogP contribution < -0.4 is 19.2 Å². The number of aromatic nitrogens is 1. The number of rotatable bonds is 8. The molecule has 1 amide bonds. The molecule has 0 aliphatic rings. The number of hydrogen-bond donors (Lipinski definition) is 1. The van der Waals surface area contributed by atoms with E-state index in [4.69, 9.17) is 16.3 Å². The third kappa shape index (κ3) is 4.77. The summed E-state index contributed by atoms with van der Waals surface area (Å²) in [5, 5.41) is 3.09. The Labute approximate surface area is 195 Å². The van der Waals surface area contributed by atoms with E-state index in [1.165, 1.54) is 13.2 Å². The number of nitrogens with zero attached hydrogens (tertiary/aromatic N) is 2. The maximum atomic E-state index is 13.2. The lowest BCUT2D eigenvalue weighted by Gasteiger charge is -2.31. The van der Waals surface area contributed by atoms with E-state index in [-0.39, 0.29) is 22.7 Å². The molecular formula is C21H24ClN3O5S2. The molecule has 0 spiro atoms. The van der Waals surface area contributed by atoms with Crippen molar-refractivity contribution in [2.24, 2.45) is 0 Å². The summed E-state index contributed by atoms with van der Waals surface area (Å²) < 4.78 is 34.2. The summed E-state index contributed by atoms with van der Waals surface area (Å²) in [6.07, 6.45) is 1.23. The van der Waals surface area contributed by atoms with Gasteiger partial charge in [0.05, 0.1) is 29.3 Å². The Hall–Kier alpha value is -2.56. The van der Waals surface area contributed by atoms with Crippen LogP contribution in [0.1, 0.15) is 20.3 Å². The smallest absolute Gasteiger partial charge is 0.308 e. The summed E-state index contributed by atoms with van der Waals surface area (Å²) in [6, 6.07) is 8.70. The minimum Gasteiger partial charge on any atom is -0.495 e. The molecule has 1 atom stereocenters. The third-order valence-electron chi connectivity index (χ3n) is 4.96. The van der Waals surface area contributed by atoms with E-state index < -0.39 is 22.0 Å². The van der Waals surface area contributed by atoms with Gasteiger partial charge in [-0.1, -0.05) is 29.9 Å². The molecule has 1 N–H and O–H groups in total. The number of aryl methyl sites for hydroxylation is 1. The van der Waals surface area contributed by atoms with Crippen LogP contribution in [0.3, 0.4) is 0 Å². The Morgan fingerprint density at radius 3 is 2.56 bits per heavy atom. The van der Waals surface area contributed by atoms with Crippen molar-refractivity contribution < 1.29 is 17.9 Å². The SMILES string of the molecule is CC[C@H](C(=O)Nc1ccc2c(c1)sc(=O)n2CC)N(c1cc(Cl)ccc1OC)S(C)(=O)=O. The first-order valence-electron chi connectivity index (χ1n) is 9.87. The van der Waals surface area contributed by atoms with Gasteiger partial charge in [-0.25, -0.2) is 8.42 Å². The summed E-state index contributed by atoms with van der Waals surface area (Å²) in [4.78, 5) is 25.2. The standard InChI is InChI=1S/C21H24ClN3O5S2/c1-5-15(25(32(4,28)29)17-11-13(22)7-10-18(17)30-3)20(26)23-14-8-9-16-19(12-14)31-21(27)24(16)6-2/h7-12,15H,5-6H2,1-4H3,(H,23,26)/t15-/m1/s1. The molecule has 8 nitrogen and oxygen atoms in total. The van der Waals surface area contributed by atoms with Gasteiger partial charge in [0.1, 0.15) is 11.8 Å². The predicted octanol–water partition coefficient (Wildman–Crippen LogP) is 3.93.